The monoisotopic (exact) mass is 250 g/mol. The van der Waals surface area contributed by atoms with E-state index in [1.807, 2.05) is 0 Å². The molecule has 16 heavy (non-hydrogen) atoms. The van der Waals surface area contributed by atoms with Crippen LogP contribution in [0, 0.1) is 5.41 Å². The third-order valence-corrected chi connectivity index (χ3v) is 3.11. The molecule has 0 aromatic rings. The van der Waals surface area contributed by atoms with Gasteiger partial charge in [-0.05, 0) is 20.8 Å². The van der Waals surface area contributed by atoms with Gasteiger partial charge in [-0.25, -0.2) is 0 Å². The predicted octanol–water partition coefficient (Wildman–Crippen LogP) is 0.824. The van der Waals surface area contributed by atoms with Gasteiger partial charge < -0.3 is 0 Å². The lowest BCUT2D eigenvalue weighted by atomic mass is 9.91. The Morgan fingerprint density at radius 3 is 1.81 bits per heavy atom. The van der Waals surface area contributed by atoms with Gasteiger partial charge in [-0.3, -0.25) is 4.79 Å². The molecule has 0 aliphatic rings. The normalized spacial score (nSPS) is 13.9. The second-order valence-corrected chi connectivity index (χ2v) is 7.35. The van der Waals surface area contributed by atoms with Gasteiger partial charge in [0.05, 0.1) is 6.54 Å². The smallest absolute Gasteiger partial charge is 0.277 e. The Labute approximate surface area is 98.2 Å². The zero-order valence-corrected chi connectivity index (χ0v) is 11.7. The number of nitrogens with one attached hydrogen (secondary N) is 2. The third kappa shape index (κ3) is 6.92. The zero-order chi connectivity index (χ0) is 13.2. The number of Topliss-reactive ketones (excluding diaryl/α,β-unsaturated/α-hetero) is 1. The minimum absolute atomic E-state index is 0.146. The van der Waals surface area contributed by atoms with Gasteiger partial charge in [-0.1, -0.05) is 20.8 Å². The van der Waals surface area contributed by atoms with Crippen molar-refractivity contribution in [2.75, 3.05) is 6.54 Å². The summed E-state index contributed by atoms with van der Waals surface area (Å²) >= 11 is 0. The van der Waals surface area contributed by atoms with E-state index in [-0.39, 0.29) is 12.3 Å². The van der Waals surface area contributed by atoms with Crippen molar-refractivity contribution in [1.29, 1.82) is 0 Å². The Hall–Kier alpha value is -0.460. The summed E-state index contributed by atoms with van der Waals surface area (Å²) in [7, 11) is -3.62. The van der Waals surface area contributed by atoms with E-state index in [1.165, 1.54) is 0 Å². The lowest BCUT2D eigenvalue weighted by Gasteiger charge is -2.21. The van der Waals surface area contributed by atoms with E-state index in [0.29, 0.717) is 0 Å². The van der Waals surface area contributed by atoms with Crippen molar-refractivity contribution in [3.63, 3.8) is 0 Å². The summed E-state index contributed by atoms with van der Waals surface area (Å²) in [6.45, 7) is 10.3. The molecule has 0 bridgehead atoms. The highest BCUT2D eigenvalue weighted by atomic mass is 32.2. The van der Waals surface area contributed by atoms with E-state index in [9.17, 15) is 13.2 Å². The standard InChI is InChI=1S/C10H22N2O3S/c1-9(2,3)8(13)7-11-16(14,15)12-10(4,5)6/h11-12H,7H2,1-6H3. The molecule has 0 amide bonds. The van der Waals surface area contributed by atoms with Crippen molar-refractivity contribution in [3.05, 3.63) is 0 Å². The molecular weight excluding hydrogens is 228 g/mol. The van der Waals surface area contributed by atoms with Crippen LogP contribution in [0.15, 0.2) is 0 Å². The molecule has 0 atom stereocenters. The second kappa shape index (κ2) is 4.81. The van der Waals surface area contributed by atoms with Crippen LogP contribution in [0.4, 0.5) is 0 Å². The van der Waals surface area contributed by atoms with Crippen LogP contribution >= 0.6 is 0 Å². The topological polar surface area (TPSA) is 75.3 Å². The molecule has 0 saturated heterocycles. The SMILES string of the molecule is CC(C)(C)NS(=O)(=O)NCC(=O)C(C)(C)C. The Morgan fingerprint density at radius 1 is 1.06 bits per heavy atom. The summed E-state index contributed by atoms with van der Waals surface area (Å²) in [5, 5.41) is 0. The van der Waals surface area contributed by atoms with Gasteiger partial charge in [0.2, 0.25) is 0 Å². The van der Waals surface area contributed by atoms with E-state index in [1.54, 1.807) is 41.5 Å². The van der Waals surface area contributed by atoms with Gasteiger partial charge in [-0.2, -0.15) is 17.9 Å². The highest BCUT2D eigenvalue weighted by molar-refractivity contribution is 7.87. The zero-order valence-electron chi connectivity index (χ0n) is 10.8. The van der Waals surface area contributed by atoms with Gasteiger partial charge >= 0.3 is 0 Å². The third-order valence-electron chi connectivity index (χ3n) is 1.70. The fraction of sp³-hybridized carbons (Fsp3) is 0.900. The van der Waals surface area contributed by atoms with Gasteiger partial charge in [0.25, 0.3) is 10.2 Å². The quantitative estimate of drug-likeness (QED) is 0.776. The summed E-state index contributed by atoms with van der Waals surface area (Å²) in [5.74, 6) is -0.146. The molecule has 96 valence electrons. The number of rotatable bonds is 4. The molecule has 0 heterocycles. The van der Waals surface area contributed by atoms with E-state index < -0.39 is 21.2 Å². The number of carbonyl (C=O) groups excluding carboxylic acids is 1. The Morgan fingerprint density at radius 2 is 1.50 bits per heavy atom. The minimum atomic E-state index is -3.62. The minimum Gasteiger partial charge on any atom is -0.298 e. The maximum absolute atomic E-state index is 11.5. The molecule has 0 fully saturated rings. The molecule has 0 saturated carbocycles. The molecule has 2 N–H and O–H groups in total. The maximum atomic E-state index is 11.5. The molecule has 0 radical (unpaired) electrons. The summed E-state index contributed by atoms with van der Waals surface area (Å²) in [6, 6.07) is 0. The molecule has 0 aromatic carbocycles. The van der Waals surface area contributed by atoms with Crippen molar-refractivity contribution in [2.24, 2.45) is 5.41 Å². The maximum Gasteiger partial charge on any atom is 0.277 e. The van der Waals surface area contributed by atoms with Crippen LogP contribution in [0.1, 0.15) is 41.5 Å². The summed E-state index contributed by atoms with van der Waals surface area (Å²) in [5.41, 5.74) is -1.10. The Balaban J connectivity index is 4.38. The number of carbonyl (C=O) groups is 1. The number of hydrogen-bond acceptors (Lipinski definition) is 3. The van der Waals surface area contributed by atoms with Gasteiger partial charge in [0.15, 0.2) is 5.78 Å². The van der Waals surface area contributed by atoms with Gasteiger partial charge in [0.1, 0.15) is 0 Å². The van der Waals surface area contributed by atoms with Crippen LogP contribution in [0.5, 0.6) is 0 Å². The lowest BCUT2D eigenvalue weighted by molar-refractivity contribution is -0.125. The van der Waals surface area contributed by atoms with Crippen molar-refractivity contribution in [1.82, 2.24) is 9.44 Å². The first-order chi connectivity index (χ1) is 6.83. The molecule has 0 aliphatic heterocycles. The highest BCUT2D eigenvalue weighted by Gasteiger charge is 2.24. The molecule has 0 unspecified atom stereocenters. The molecule has 5 nitrogen and oxygen atoms in total. The second-order valence-electron chi connectivity index (χ2n) is 5.85. The average Bonchev–Trinajstić information content (AvgIpc) is 1.93. The van der Waals surface area contributed by atoms with E-state index in [2.05, 4.69) is 9.44 Å². The summed E-state index contributed by atoms with van der Waals surface area (Å²) in [4.78, 5) is 11.5. The van der Waals surface area contributed by atoms with Crippen LogP contribution in [0.3, 0.4) is 0 Å². The van der Waals surface area contributed by atoms with Crippen LogP contribution in [0.25, 0.3) is 0 Å². The van der Waals surface area contributed by atoms with E-state index >= 15 is 0 Å². The summed E-state index contributed by atoms with van der Waals surface area (Å²) in [6.07, 6.45) is 0. The summed E-state index contributed by atoms with van der Waals surface area (Å²) < 4.78 is 27.7. The lowest BCUT2D eigenvalue weighted by Crippen LogP contribution is -2.48. The average molecular weight is 250 g/mol. The molecule has 0 aliphatic carbocycles. The molecule has 0 spiro atoms. The van der Waals surface area contributed by atoms with Gasteiger partial charge in [-0.15, -0.1) is 0 Å². The number of ketones is 1. The van der Waals surface area contributed by atoms with Crippen molar-refractivity contribution >= 4 is 16.0 Å². The van der Waals surface area contributed by atoms with E-state index in [0.717, 1.165) is 0 Å². The fourth-order valence-corrected chi connectivity index (χ4v) is 2.06. The molecule has 0 rings (SSSR count). The first-order valence-corrected chi connectivity index (χ1v) is 6.64. The van der Waals surface area contributed by atoms with Crippen LogP contribution in [0.2, 0.25) is 0 Å². The number of hydrogen-bond donors (Lipinski definition) is 2. The van der Waals surface area contributed by atoms with Gasteiger partial charge in [0, 0.05) is 11.0 Å². The van der Waals surface area contributed by atoms with Crippen molar-refractivity contribution in [3.8, 4) is 0 Å². The van der Waals surface area contributed by atoms with E-state index in [4.69, 9.17) is 0 Å². The van der Waals surface area contributed by atoms with Crippen molar-refractivity contribution in [2.45, 2.75) is 47.1 Å². The predicted molar refractivity (Wildman–Crippen MR) is 64.3 cm³/mol. The highest BCUT2D eigenvalue weighted by Crippen LogP contribution is 2.13. The first kappa shape index (κ1) is 15.5. The van der Waals surface area contributed by atoms with Crippen molar-refractivity contribution < 1.29 is 13.2 Å². The van der Waals surface area contributed by atoms with Crippen LogP contribution in [-0.4, -0.2) is 26.3 Å². The molecule has 6 heteroatoms. The largest absolute Gasteiger partial charge is 0.298 e. The fourth-order valence-electron chi connectivity index (χ4n) is 0.865. The van der Waals surface area contributed by atoms with Crippen LogP contribution < -0.4 is 9.44 Å². The van der Waals surface area contributed by atoms with Crippen LogP contribution in [-0.2, 0) is 15.0 Å². The molecule has 0 aromatic heterocycles. The first-order valence-electron chi connectivity index (χ1n) is 5.15. The Kier molecular flexibility index (Phi) is 4.67. The molecular formula is C10H22N2O3S. The Bertz CT molecular complexity index is 347.